The molecule has 2 aromatic heterocycles. The number of nitrogens with zero attached hydrogens (tertiary/aromatic N) is 2. The number of nitrogens with one attached hydrogen (secondary N) is 1. The smallest absolute Gasteiger partial charge is 0.339 e. The van der Waals surface area contributed by atoms with Gasteiger partial charge in [-0.1, -0.05) is 17.8 Å². The number of aromatic amines is 1. The molecule has 0 aliphatic rings. The second-order valence-electron chi connectivity index (χ2n) is 6.30. The van der Waals surface area contributed by atoms with Crippen LogP contribution >= 0.6 is 11.8 Å². The zero-order chi connectivity index (χ0) is 20.4. The molecule has 3 rings (SSSR count). The van der Waals surface area contributed by atoms with E-state index in [2.05, 4.69) is 9.97 Å². The van der Waals surface area contributed by atoms with Gasteiger partial charge < -0.3 is 9.72 Å². The summed E-state index contributed by atoms with van der Waals surface area (Å²) in [6.07, 6.45) is 3.32. The molecule has 0 spiro atoms. The number of thioether (sulfide) groups is 1. The molecular weight excluding hydrogens is 381 g/mol. The Labute approximate surface area is 166 Å². The van der Waals surface area contributed by atoms with Gasteiger partial charge in [-0.05, 0) is 44.5 Å². The van der Waals surface area contributed by atoms with Gasteiger partial charge in [0.2, 0.25) is 0 Å². The molecule has 28 heavy (non-hydrogen) atoms. The van der Waals surface area contributed by atoms with Crippen LogP contribution in [0.15, 0.2) is 41.8 Å². The Morgan fingerprint density at radius 1 is 1.32 bits per heavy atom. The quantitative estimate of drug-likeness (QED) is 0.382. The molecule has 1 atom stereocenters. The summed E-state index contributed by atoms with van der Waals surface area (Å²) in [5, 5.41) is 0.0949. The van der Waals surface area contributed by atoms with E-state index in [1.54, 1.807) is 49.9 Å². The van der Waals surface area contributed by atoms with E-state index in [1.807, 2.05) is 0 Å². The van der Waals surface area contributed by atoms with Crippen LogP contribution in [0.4, 0.5) is 4.39 Å². The van der Waals surface area contributed by atoms with Crippen molar-refractivity contribution in [3.05, 3.63) is 65.0 Å². The van der Waals surface area contributed by atoms with Gasteiger partial charge in [0.25, 0.3) is 0 Å². The lowest BCUT2D eigenvalue weighted by molar-refractivity contribution is 0.0599. The number of esters is 1. The molecule has 6 nitrogen and oxygen atoms in total. The van der Waals surface area contributed by atoms with Crippen molar-refractivity contribution in [1.82, 2.24) is 14.5 Å². The Morgan fingerprint density at radius 2 is 2.07 bits per heavy atom. The number of benzene rings is 1. The lowest BCUT2D eigenvalue weighted by Gasteiger charge is -2.12. The fourth-order valence-corrected chi connectivity index (χ4v) is 3.96. The lowest BCUT2D eigenvalue weighted by Crippen LogP contribution is -2.16. The summed E-state index contributed by atoms with van der Waals surface area (Å²) in [4.78, 5) is 32.2. The largest absolute Gasteiger partial charge is 0.465 e. The highest BCUT2D eigenvalue weighted by molar-refractivity contribution is 8.00. The molecule has 0 saturated carbocycles. The maximum atomic E-state index is 13.5. The van der Waals surface area contributed by atoms with Crippen LogP contribution in [-0.4, -0.2) is 38.6 Å². The van der Waals surface area contributed by atoms with Gasteiger partial charge in [-0.3, -0.25) is 9.36 Å². The molecule has 1 aromatic carbocycles. The SMILES string of the molecule is COC(=O)c1c(C)[nH]c(C(=O)C(C)Sc2nccn2-c2cccc(F)c2)c1C. The number of hydrogen-bond donors (Lipinski definition) is 1. The maximum Gasteiger partial charge on any atom is 0.339 e. The number of rotatable bonds is 6. The number of H-pyrrole nitrogens is 1. The normalized spacial score (nSPS) is 12.0. The van der Waals surface area contributed by atoms with Crippen LogP contribution in [0.25, 0.3) is 5.69 Å². The van der Waals surface area contributed by atoms with E-state index in [4.69, 9.17) is 4.74 Å². The van der Waals surface area contributed by atoms with E-state index in [1.165, 1.54) is 31.0 Å². The summed E-state index contributed by atoms with van der Waals surface area (Å²) in [7, 11) is 1.31. The molecule has 0 aliphatic heterocycles. The summed E-state index contributed by atoms with van der Waals surface area (Å²) in [6.45, 7) is 5.21. The summed E-state index contributed by atoms with van der Waals surface area (Å²) in [6, 6.07) is 6.16. The van der Waals surface area contributed by atoms with Crippen molar-refractivity contribution in [3.8, 4) is 5.69 Å². The first kappa shape index (κ1) is 19.9. The number of aryl methyl sites for hydroxylation is 1. The molecule has 8 heteroatoms. The third-order valence-electron chi connectivity index (χ3n) is 4.42. The number of imidazole rings is 1. The Kier molecular flexibility index (Phi) is 5.69. The minimum atomic E-state index is -0.479. The van der Waals surface area contributed by atoms with E-state index in [0.717, 1.165) is 0 Å². The molecule has 0 fully saturated rings. The number of ketones is 1. The Hall–Kier alpha value is -2.87. The predicted octanol–water partition coefficient (Wildman–Crippen LogP) is 4.11. The van der Waals surface area contributed by atoms with Crippen LogP contribution in [0.1, 0.15) is 39.0 Å². The van der Waals surface area contributed by atoms with Gasteiger partial charge in [0.15, 0.2) is 10.9 Å². The third-order valence-corrected chi connectivity index (χ3v) is 5.50. The highest BCUT2D eigenvalue weighted by Gasteiger charge is 2.26. The van der Waals surface area contributed by atoms with Crippen LogP contribution < -0.4 is 0 Å². The highest BCUT2D eigenvalue weighted by Crippen LogP contribution is 2.29. The predicted molar refractivity (Wildman–Crippen MR) is 105 cm³/mol. The first-order valence-corrected chi connectivity index (χ1v) is 9.49. The fraction of sp³-hybridized carbons (Fsp3) is 0.250. The van der Waals surface area contributed by atoms with Crippen LogP contribution in [0.3, 0.4) is 0 Å². The number of hydrogen-bond acceptors (Lipinski definition) is 5. The van der Waals surface area contributed by atoms with E-state index < -0.39 is 11.2 Å². The molecule has 2 heterocycles. The van der Waals surface area contributed by atoms with Crippen LogP contribution in [-0.2, 0) is 4.74 Å². The number of halogens is 1. The number of ether oxygens (including phenoxy) is 1. The first-order valence-electron chi connectivity index (χ1n) is 8.61. The molecule has 0 bridgehead atoms. The number of carbonyl (C=O) groups is 2. The van der Waals surface area contributed by atoms with Crippen molar-refractivity contribution in [1.29, 1.82) is 0 Å². The minimum absolute atomic E-state index is 0.158. The maximum absolute atomic E-state index is 13.5. The van der Waals surface area contributed by atoms with Gasteiger partial charge >= 0.3 is 5.97 Å². The number of aromatic nitrogens is 3. The zero-order valence-corrected chi connectivity index (χ0v) is 16.8. The van der Waals surface area contributed by atoms with Crippen molar-refractivity contribution in [2.75, 3.05) is 7.11 Å². The molecule has 0 aliphatic carbocycles. The molecule has 0 amide bonds. The molecule has 1 unspecified atom stereocenters. The molecule has 3 aromatic rings. The third kappa shape index (κ3) is 3.73. The van der Waals surface area contributed by atoms with Gasteiger partial charge in [-0.2, -0.15) is 0 Å². The standard InChI is InChI=1S/C20H20FN3O3S/c1-11-16(19(26)27-4)12(2)23-17(11)18(25)13(3)28-20-22-8-9-24(20)15-7-5-6-14(21)10-15/h5-10,13,23H,1-4H3. The van der Waals surface area contributed by atoms with Crippen LogP contribution in [0.2, 0.25) is 0 Å². The Morgan fingerprint density at radius 3 is 2.75 bits per heavy atom. The topological polar surface area (TPSA) is 77.0 Å². The van der Waals surface area contributed by atoms with Crippen LogP contribution in [0.5, 0.6) is 0 Å². The molecular formula is C20H20FN3O3S. The average Bonchev–Trinajstić information content (AvgIpc) is 3.24. The van der Waals surface area contributed by atoms with E-state index >= 15 is 0 Å². The van der Waals surface area contributed by atoms with Gasteiger partial charge in [0.1, 0.15) is 5.82 Å². The van der Waals surface area contributed by atoms with E-state index in [9.17, 15) is 14.0 Å². The monoisotopic (exact) mass is 401 g/mol. The summed E-state index contributed by atoms with van der Waals surface area (Å²) < 4.78 is 20.1. The number of Topliss-reactive ketones (excluding diaryl/α,β-unsaturated/α-hetero) is 1. The van der Waals surface area contributed by atoms with E-state index in [0.29, 0.717) is 33.4 Å². The lowest BCUT2D eigenvalue weighted by atomic mass is 10.1. The Bertz CT molecular complexity index is 1040. The van der Waals surface area contributed by atoms with Crippen molar-refractivity contribution < 1.29 is 18.7 Å². The highest BCUT2D eigenvalue weighted by atomic mass is 32.2. The molecule has 1 N–H and O–H groups in total. The van der Waals surface area contributed by atoms with Gasteiger partial charge in [-0.25, -0.2) is 14.2 Å². The second-order valence-corrected chi connectivity index (χ2v) is 7.61. The zero-order valence-electron chi connectivity index (χ0n) is 15.9. The van der Waals surface area contributed by atoms with Crippen molar-refractivity contribution in [2.45, 2.75) is 31.2 Å². The van der Waals surface area contributed by atoms with Gasteiger partial charge in [-0.15, -0.1) is 0 Å². The minimum Gasteiger partial charge on any atom is -0.465 e. The average molecular weight is 401 g/mol. The second kappa shape index (κ2) is 8.02. The molecule has 0 saturated heterocycles. The first-order chi connectivity index (χ1) is 13.3. The van der Waals surface area contributed by atoms with Crippen LogP contribution in [0, 0.1) is 19.7 Å². The van der Waals surface area contributed by atoms with Gasteiger partial charge in [0.05, 0.1) is 29.3 Å². The van der Waals surface area contributed by atoms with Crippen molar-refractivity contribution in [3.63, 3.8) is 0 Å². The molecule has 146 valence electrons. The molecule has 0 radical (unpaired) electrons. The summed E-state index contributed by atoms with van der Waals surface area (Å²) in [5.41, 5.74) is 2.53. The fourth-order valence-electron chi connectivity index (χ4n) is 3.02. The Balaban J connectivity index is 1.85. The number of carbonyl (C=O) groups excluding carboxylic acids is 2. The summed E-state index contributed by atoms with van der Waals surface area (Å²) >= 11 is 1.26. The van der Waals surface area contributed by atoms with Gasteiger partial charge in [0, 0.05) is 18.1 Å². The van der Waals surface area contributed by atoms with E-state index in [-0.39, 0.29) is 11.6 Å². The summed E-state index contributed by atoms with van der Waals surface area (Å²) in [5.74, 6) is -0.985. The van der Waals surface area contributed by atoms with Crippen molar-refractivity contribution in [2.24, 2.45) is 0 Å². The number of methoxy groups -OCH3 is 1. The van der Waals surface area contributed by atoms with Crippen molar-refractivity contribution >= 4 is 23.5 Å².